The van der Waals surface area contributed by atoms with E-state index >= 15 is 0 Å². The number of nitrogens with zero attached hydrogens (tertiary/aromatic N) is 3. The average molecular weight is 331 g/mol. The van der Waals surface area contributed by atoms with Gasteiger partial charge in [-0.2, -0.15) is 4.98 Å². The van der Waals surface area contributed by atoms with Gasteiger partial charge in [0, 0.05) is 32.5 Å². The van der Waals surface area contributed by atoms with Gasteiger partial charge in [-0.15, -0.1) is 0 Å². The lowest BCUT2D eigenvalue weighted by Crippen LogP contribution is -2.40. The Hall–Kier alpha value is -2.18. The van der Waals surface area contributed by atoms with Crippen LogP contribution in [0.15, 0.2) is 0 Å². The summed E-state index contributed by atoms with van der Waals surface area (Å²) in [6.45, 7) is 5.58. The van der Waals surface area contributed by atoms with Gasteiger partial charge in [-0.25, -0.2) is 4.98 Å². The van der Waals surface area contributed by atoms with Gasteiger partial charge in [-0.1, -0.05) is 13.8 Å². The van der Waals surface area contributed by atoms with Gasteiger partial charge in [0.05, 0.1) is 11.3 Å². The number of piperidine rings is 1. The predicted molar refractivity (Wildman–Crippen MR) is 92.1 cm³/mol. The Morgan fingerprint density at radius 2 is 1.92 bits per heavy atom. The van der Waals surface area contributed by atoms with Crippen LogP contribution in [0, 0.1) is 11.3 Å². The van der Waals surface area contributed by atoms with E-state index in [0.717, 1.165) is 25.0 Å². The van der Waals surface area contributed by atoms with Crippen LogP contribution in [0.5, 0.6) is 0 Å². The molecule has 3 rings (SSSR count). The van der Waals surface area contributed by atoms with Gasteiger partial charge in [0.1, 0.15) is 5.82 Å². The Morgan fingerprint density at radius 1 is 1.25 bits per heavy atom. The maximum absolute atomic E-state index is 12.5. The number of ketones is 1. The fourth-order valence-corrected chi connectivity index (χ4v) is 3.64. The van der Waals surface area contributed by atoms with Crippen molar-refractivity contribution in [2.75, 3.05) is 30.4 Å². The molecule has 0 aromatic carbocycles. The number of anilines is 2. The van der Waals surface area contributed by atoms with Crippen molar-refractivity contribution in [3.8, 4) is 0 Å². The van der Waals surface area contributed by atoms with E-state index in [-0.39, 0.29) is 23.0 Å². The highest BCUT2D eigenvalue weighted by molar-refractivity contribution is 6.03. The van der Waals surface area contributed by atoms with Crippen LogP contribution in [0.4, 0.5) is 11.8 Å². The number of nitrogens with two attached hydrogens (primary N) is 1. The van der Waals surface area contributed by atoms with E-state index in [9.17, 15) is 9.59 Å². The molecule has 0 spiro atoms. The summed E-state index contributed by atoms with van der Waals surface area (Å²) in [5.41, 5.74) is 6.77. The number of primary amides is 1. The normalized spacial score (nSPS) is 20.6. The van der Waals surface area contributed by atoms with Crippen molar-refractivity contribution in [2.24, 2.45) is 17.1 Å². The minimum absolute atomic E-state index is 0.0665. The second-order valence-electron chi connectivity index (χ2n) is 7.55. The summed E-state index contributed by atoms with van der Waals surface area (Å²) >= 11 is 0. The molecule has 1 saturated heterocycles. The van der Waals surface area contributed by atoms with Crippen molar-refractivity contribution in [1.29, 1.82) is 0 Å². The summed E-state index contributed by atoms with van der Waals surface area (Å²) in [4.78, 5) is 35.2. The van der Waals surface area contributed by atoms with Crippen molar-refractivity contribution in [3.05, 3.63) is 11.3 Å². The van der Waals surface area contributed by atoms with Gasteiger partial charge in [-0.05, 0) is 24.7 Å². The number of hydrogen-bond donors (Lipinski definition) is 2. The molecule has 7 heteroatoms. The largest absolute Gasteiger partial charge is 0.372 e. The van der Waals surface area contributed by atoms with Crippen LogP contribution in [0.1, 0.15) is 49.2 Å². The molecule has 1 fully saturated rings. The minimum Gasteiger partial charge on any atom is -0.372 e. The molecule has 0 unspecified atom stereocenters. The van der Waals surface area contributed by atoms with Crippen molar-refractivity contribution in [3.63, 3.8) is 0 Å². The quantitative estimate of drug-likeness (QED) is 0.867. The number of rotatable bonds is 3. The molecule has 130 valence electrons. The molecule has 1 aliphatic carbocycles. The van der Waals surface area contributed by atoms with Crippen LogP contribution in [0.25, 0.3) is 0 Å². The summed E-state index contributed by atoms with van der Waals surface area (Å²) in [5.74, 6) is 1.04. The van der Waals surface area contributed by atoms with Gasteiger partial charge < -0.3 is 16.0 Å². The van der Waals surface area contributed by atoms with Crippen LogP contribution in [0.2, 0.25) is 0 Å². The third-order valence-corrected chi connectivity index (χ3v) is 4.95. The summed E-state index contributed by atoms with van der Waals surface area (Å²) in [7, 11) is 1.78. The number of hydrogen-bond acceptors (Lipinski definition) is 6. The molecule has 1 aromatic rings. The molecule has 1 aliphatic heterocycles. The summed E-state index contributed by atoms with van der Waals surface area (Å²) in [5, 5.41) is 3.05. The molecule has 1 aromatic heterocycles. The van der Waals surface area contributed by atoms with E-state index in [0.29, 0.717) is 36.8 Å². The first-order valence-corrected chi connectivity index (χ1v) is 8.47. The van der Waals surface area contributed by atoms with Crippen LogP contribution in [-0.4, -0.2) is 41.8 Å². The SMILES string of the molecule is CNc1nc(N2CCC(C(N)=O)CC2)nc2c1C(=O)CC(C)(C)C2. The smallest absolute Gasteiger partial charge is 0.227 e. The minimum atomic E-state index is -0.232. The molecule has 0 bridgehead atoms. The lowest BCUT2D eigenvalue weighted by molar-refractivity contribution is -0.122. The van der Waals surface area contributed by atoms with Gasteiger partial charge in [0.25, 0.3) is 0 Å². The Morgan fingerprint density at radius 3 is 2.50 bits per heavy atom. The molecule has 0 saturated carbocycles. The molecule has 2 aliphatic rings. The lowest BCUT2D eigenvalue weighted by Gasteiger charge is -2.33. The lowest BCUT2D eigenvalue weighted by atomic mass is 9.76. The van der Waals surface area contributed by atoms with Crippen LogP contribution in [0.3, 0.4) is 0 Å². The van der Waals surface area contributed by atoms with Crippen molar-refractivity contribution >= 4 is 23.5 Å². The van der Waals surface area contributed by atoms with Crippen molar-refractivity contribution in [1.82, 2.24) is 9.97 Å². The topological polar surface area (TPSA) is 101 Å². The number of carbonyl (C=O) groups excluding carboxylic acids is 2. The van der Waals surface area contributed by atoms with Crippen molar-refractivity contribution in [2.45, 2.75) is 39.5 Å². The second-order valence-corrected chi connectivity index (χ2v) is 7.55. The molecule has 2 heterocycles. The average Bonchev–Trinajstić information content (AvgIpc) is 2.52. The second kappa shape index (κ2) is 6.03. The number of carbonyl (C=O) groups is 2. The first kappa shape index (κ1) is 16.7. The highest BCUT2D eigenvalue weighted by Crippen LogP contribution is 2.37. The number of aromatic nitrogens is 2. The highest BCUT2D eigenvalue weighted by Gasteiger charge is 2.35. The number of Topliss-reactive ketones (excluding diaryl/α,β-unsaturated/α-hetero) is 1. The van der Waals surface area contributed by atoms with E-state index in [1.807, 2.05) is 0 Å². The standard InChI is InChI=1S/C17H25N5O2/c1-17(2)8-11-13(12(23)9-17)15(19-3)21-16(20-11)22-6-4-10(5-7-22)14(18)24/h10H,4-9H2,1-3H3,(H2,18,24)(H,19,20,21). The van der Waals surface area contributed by atoms with Crippen molar-refractivity contribution < 1.29 is 9.59 Å². The molecular formula is C17H25N5O2. The zero-order valence-corrected chi connectivity index (χ0v) is 14.6. The monoisotopic (exact) mass is 331 g/mol. The van der Waals surface area contributed by atoms with Gasteiger partial charge in [-0.3, -0.25) is 9.59 Å². The van der Waals surface area contributed by atoms with E-state index in [1.165, 1.54) is 0 Å². The Bertz CT molecular complexity index is 678. The first-order valence-electron chi connectivity index (χ1n) is 8.47. The number of fused-ring (bicyclic) bond motifs is 1. The molecular weight excluding hydrogens is 306 g/mol. The van der Waals surface area contributed by atoms with Gasteiger partial charge in [0.15, 0.2) is 5.78 Å². The Balaban J connectivity index is 1.91. The van der Waals surface area contributed by atoms with E-state index < -0.39 is 0 Å². The molecule has 24 heavy (non-hydrogen) atoms. The third-order valence-electron chi connectivity index (χ3n) is 4.95. The zero-order valence-electron chi connectivity index (χ0n) is 14.6. The highest BCUT2D eigenvalue weighted by atomic mass is 16.1. The van der Waals surface area contributed by atoms with E-state index in [4.69, 9.17) is 10.7 Å². The molecule has 0 atom stereocenters. The van der Waals surface area contributed by atoms with Crippen LogP contribution < -0.4 is 16.0 Å². The molecule has 7 nitrogen and oxygen atoms in total. The fourth-order valence-electron chi connectivity index (χ4n) is 3.64. The fraction of sp³-hybridized carbons (Fsp3) is 0.647. The van der Waals surface area contributed by atoms with E-state index in [2.05, 4.69) is 29.0 Å². The van der Waals surface area contributed by atoms with Crippen LogP contribution >= 0.6 is 0 Å². The maximum atomic E-state index is 12.5. The first-order chi connectivity index (χ1) is 11.3. The predicted octanol–water partition coefficient (Wildman–Crippen LogP) is 1.38. The van der Waals surface area contributed by atoms with Gasteiger partial charge >= 0.3 is 0 Å². The number of nitrogens with one attached hydrogen (secondary N) is 1. The summed E-state index contributed by atoms with van der Waals surface area (Å²) in [6, 6.07) is 0. The molecule has 0 radical (unpaired) electrons. The van der Waals surface area contributed by atoms with E-state index in [1.54, 1.807) is 7.05 Å². The Labute approximate surface area is 142 Å². The Kier molecular flexibility index (Phi) is 4.19. The molecule has 1 amide bonds. The summed E-state index contributed by atoms with van der Waals surface area (Å²) in [6.07, 6.45) is 2.71. The molecule has 3 N–H and O–H groups in total. The summed E-state index contributed by atoms with van der Waals surface area (Å²) < 4.78 is 0. The van der Waals surface area contributed by atoms with Crippen LogP contribution in [-0.2, 0) is 11.2 Å². The zero-order chi connectivity index (χ0) is 17.5. The maximum Gasteiger partial charge on any atom is 0.227 e. The third kappa shape index (κ3) is 3.07. The number of amides is 1. The van der Waals surface area contributed by atoms with Gasteiger partial charge in [0.2, 0.25) is 11.9 Å².